The van der Waals surface area contributed by atoms with E-state index in [-0.39, 0.29) is 42.3 Å². The van der Waals surface area contributed by atoms with Gasteiger partial charge in [0.05, 0.1) is 22.1 Å². The van der Waals surface area contributed by atoms with Crippen molar-refractivity contribution < 1.29 is 49.5 Å². The number of carboxylic acid groups (broad SMARTS) is 1. The topological polar surface area (TPSA) is 130 Å². The molecule has 2 aliphatic rings. The van der Waals surface area contributed by atoms with Crippen LogP contribution in [0.1, 0.15) is 67.9 Å². The number of aromatic nitrogens is 2. The molecule has 3 N–H and O–H groups in total. The Morgan fingerprint density at radius 3 is 2.29 bits per heavy atom. The Bertz CT molecular complexity index is 1430. The highest BCUT2D eigenvalue weighted by Crippen LogP contribution is 2.38. The van der Waals surface area contributed by atoms with Gasteiger partial charge in [0.15, 0.2) is 5.69 Å². The number of sulfonamides is 1. The van der Waals surface area contributed by atoms with E-state index >= 15 is 0 Å². The van der Waals surface area contributed by atoms with E-state index in [4.69, 9.17) is 5.11 Å². The maximum atomic E-state index is 14.1. The third kappa shape index (κ3) is 7.25. The van der Waals surface area contributed by atoms with Gasteiger partial charge in [0.25, 0.3) is 5.91 Å². The molecule has 1 unspecified atom stereocenters. The Labute approximate surface area is 237 Å². The summed E-state index contributed by atoms with van der Waals surface area (Å²) < 4.78 is 109. The molecule has 1 atom stereocenters. The van der Waals surface area contributed by atoms with Gasteiger partial charge in [-0.15, -0.1) is 0 Å². The number of alkyl halides is 6. The van der Waals surface area contributed by atoms with Crippen molar-refractivity contribution in [3.8, 4) is 11.3 Å². The molecule has 0 bridgehead atoms. The molecular weight excluding hydrogens is 594 g/mol. The van der Waals surface area contributed by atoms with E-state index < -0.39 is 62.7 Å². The molecule has 0 radical (unpaired) electrons. The van der Waals surface area contributed by atoms with Crippen LogP contribution < -0.4 is 10.0 Å². The average Bonchev–Trinajstić information content (AvgIpc) is 3.28. The minimum absolute atomic E-state index is 0.0915. The maximum absolute atomic E-state index is 14.1. The highest BCUT2D eigenvalue weighted by atomic mass is 32.2. The lowest BCUT2D eigenvalue weighted by Crippen LogP contribution is -2.46. The summed E-state index contributed by atoms with van der Waals surface area (Å²) in [5.74, 6) is -2.08. The van der Waals surface area contributed by atoms with Gasteiger partial charge in [-0.1, -0.05) is 25.3 Å². The van der Waals surface area contributed by atoms with Crippen LogP contribution in [0.3, 0.4) is 0 Å². The number of benzene rings is 1. The number of nitrogens with one attached hydrogen (secondary N) is 2. The maximum Gasteiger partial charge on any atom is 0.417 e. The molecular formula is C26H30F6N4O5S. The molecule has 1 aromatic carbocycles. The number of carboxylic acids is 1. The van der Waals surface area contributed by atoms with Crippen LogP contribution in [-0.2, 0) is 27.5 Å². The first-order chi connectivity index (χ1) is 19.5. The molecule has 1 aromatic heterocycles. The van der Waals surface area contributed by atoms with Crippen molar-refractivity contribution >= 4 is 21.9 Å². The molecule has 1 amide bonds. The number of aliphatic carboxylic acids is 1. The van der Waals surface area contributed by atoms with Crippen LogP contribution in [0.4, 0.5) is 26.3 Å². The zero-order valence-corrected chi connectivity index (χ0v) is 23.2. The fourth-order valence-electron chi connectivity index (χ4n) is 5.22. The van der Waals surface area contributed by atoms with Crippen molar-refractivity contribution in [3.63, 3.8) is 0 Å². The summed E-state index contributed by atoms with van der Waals surface area (Å²) in [5, 5.41) is 16.0. The monoisotopic (exact) mass is 624 g/mol. The second kappa shape index (κ2) is 11.9. The Kier molecular flexibility index (Phi) is 8.98. The summed E-state index contributed by atoms with van der Waals surface area (Å²) in [5.41, 5.74) is -1.84. The molecule has 0 saturated heterocycles. The summed E-state index contributed by atoms with van der Waals surface area (Å²) in [7, 11) is -5.24. The molecule has 2 saturated carbocycles. The van der Waals surface area contributed by atoms with Gasteiger partial charge < -0.3 is 10.4 Å². The number of nitrogens with zero attached hydrogens (tertiary/aromatic N) is 2. The Morgan fingerprint density at radius 1 is 1.07 bits per heavy atom. The minimum atomic E-state index is -5.25. The molecule has 16 heteroatoms. The van der Waals surface area contributed by atoms with Gasteiger partial charge in [-0.05, 0) is 56.7 Å². The standard InChI is InChI=1S/C26H30F6N4O5S/c1-14(25(27,28)29)35-42(40,41)22-8-7-16(11-19(22)26(30,31)32)21-12-20(23(37)33-18-9-17(10-18)24(38)39)34-36(21)13-15-5-3-2-4-6-15/h7-8,11-12,14-15,17-18,35H,2-6,9-10,13H2,1H3,(H,33,37)(H,38,39). The first-order valence-electron chi connectivity index (χ1n) is 13.4. The predicted molar refractivity (Wildman–Crippen MR) is 137 cm³/mol. The normalized spacial score (nSPS) is 21.0. The van der Waals surface area contributed by atoms with Gasteiger partial charge in [-0.3, -0.25) is 14.3 Å². The summed E-state index contributed by atoms with van der Waals surface area (Å²) in [4.78, 5) is 22.6. The first kappa shape index (κ1) is 31.8. The van der Waals surface area contributed by atoms with Crippen LogP contribution in [0.5, 0.6) is 0 Å². The number of hydrogen-bond donors (Lipinski definition) is 3. The zero-order valence-electron chi connectivity index (χ0n) is 22.4. The number of amides is 1. The van der Waals surface area contributed by atoms with Gasteiger partial charge in [0.1, 0.15) is 6.04 Å². The van der Waals surface area contributed by atoms with Crippen molar-refractivity contribution in [1.82, 2.24) is 19.8 Å². The van der Waals surface area contributed by atoms with Gasteiger partial charge in [0.2, 0.25) is 10.0 Å². The molecule has 2 aromatic rings. The third-order valence-electron chi connectivity index (χ3n) is 7.68. The van der Waals surface area contributed by atoms with Crippen molar-refractivity contribution in [2.45, 2.75) is 87.7 Å². The SMILES string of the molecule is CC(NS(=O)(=O)c1ccc(-c2cc(C(=O)NC3CC(C(=O)O)C3)nn2CC2CCCCC2)cc1C(F)(F)F)C(F)(F)F. The molecule has 42 heavy (non-hydrogen) atoms. The smallest absolute Gasteiger partial charge is 0.417 e. The van der Waals surface area contributed by atoms with E-state index in [9.17, 15) is 44.3 Å². The molecule has 9 nitrogen and oxygen atoms in total. The number of halogens is 6. The lowest BCUT2D eigenvalue weighted by Gasteiger charge is -2.32. The average molecular weight is 625 g/mol. The fraction of sp³-hybridized carbons (Fsp3) is 0.577. The number of carbonyl (C=O) groups is 2. The molecule has 4 rings (SSSR count). The predicted octanol–water partition coefficient (Wildman–Crippen LogP) is 4.97. The second-order valence-corrected chi connectivity index (χ2v) is 12.6. The van der Waals surface area contributed by atoms with Crippen molar-refractivity contribution in [1.29, 1.82) is 0 Å². The van der Waals surface area contributed by atoms with Crippen molar-refractivity contribution in [3.05, 3.63) is 35.5 Å². The Morgan fingerprint density at radius 2 is 1.71 bits per heavy atom. The molecule has 0 spiro atoms. The van der Waals surface area contributed by atoms with E-state index in [0.717, 1.165) is 38.2 Å². The largest absolute Gasteiger partial charge is 0.481 e. The number of hydrogen-bond acceptors (Lipinski definition) is 5. The third-order valence-corrected chi connectivity index (χ3v) is 9.28. The Balaban J connectivity index is 1.70. The fourth-order valence-corrected chi connectivity index (χ4v) is 6.66. The summed E-state index contributed by atoms with van der Waals surface area (Å²) >= 11 is 0. The van der Waals surface area contributed by atoms with Crippen LogP contribution in [-0.4, -0.2) is 53.4 Å². The van der Waals surface area contributed by atoms with E-state index in [1.807, 2.05) is 0 Å². The van der Waals surface area contributed by atoms with Crippen molar-refractivity contribution in [2.24, 2.45) is 11.8 Å². The first-order valence-corrected chi connectivity index (χ1v) is 14.9. The van der Waals surface area contributed by atoms with Crippen LogP contribution >= 0.6 is 0 Å². The molecule has 2 fully saturated rings. The molecule has 2 aliphatic carbocycles. The van der Waals surface area contributed by atoms with E-state index in [1.165, 1.54) is 15.5 Å². The van der Waals surface area contributed by atoms with E-state index in [1.54, 1.807) is 0 Å². The minimum Gasteiger partial charge on any atom is -0.481 e. The second-order valence-electron chi connectivity index (χ2n) is 10.9. The molecule has 232 valence electrons. The van der Waals surface area contributed by atoms with Gasteiger partial charge >= 0.3 is 18.3 Å². The summed E-state index contributed by atoms with van der Waals surface area (Å²) in [6, 6.07) is 0.357. The quantitative estimate of drug-likeness (QED) is 0.338. The van der Waals surface area contributed by atoms with Crippen LogP contribution in [0.2, 0.25) is 0 Å². The van der Waals surface area contributed by atoms with Crippen LogP contribution in [0.15, 0.2) is 29.2 Å². The summed E-state index contributed by atoms with van der Waals surface area (Å²) in [6.07, 6.45) is -5.19. The van der Waals surface area contributed by atoms with Gasteiger partial charge in [-0.25, -0.2) is 8.42 Å². The van der Waals surface area contributed by atoms with E-state index in [0.29, 0.717) is 19.1 Å². The highest BCUT2D eigenvalue weighted by Gasteiger charge is 2.42. The van der Waals surface area contributed by atoms with Crippen LogP contribution in [0, 0.1) is 11.8 Å². The Hall–Kier alpha value is -3.14. The number of carbonyl (C=O) groups excluding carboxylic acids is 1. The van der Waals surface area contributed by atoms with Gasteiger partial charge in [-0.2, -0.15) is 36.2 Å². The van der Waals surface area contributed by atoms with E-state index in [2.05, 4.69) is 10.4 Å². The highest BCUT2D eigenvalue weighted by molar-refractivity contribution is 7.89. The zero-order chi connectivity index (χ0) is 31.0. The lowest BCUT2D eigenvalue weighted by atomic mass is 9.80. The van der Waals surface area contributed by atoms with Gasteiger partial charge in [0, 0.05) is 18.2 Å². The van der Waals surface area contributed by atoms with Crippen LogP contribution in [0.25, 0.3) is 11.3 Å². The van der Waals surface area contributed by atoms with Crippen molar-refractivity contribution in [2.75, 3.05) is 0 Å². The summed E-state index contributed by atoms with van der Waals surface area (Å²) in [6.45, 7) is 0.750. The lowest BCUT2D eigenvalue weighted by molar-refractivity contribution is -0.147. The molecule has 1 heterocycles. The molecule has 0 aliphatic heterocycles. The number of rotatable bonds is 9.